The summed E-state index contributed by atoms with van der Waals surface area (Å²) >= 11 is 0. The monoisotopic (exact) mass is 362 g/mol. The van der Waals surface area contributed by atoms with Crippen LogP contribution in [0.4, 0.5) is 4.79 Å². The Hall–Kier alpha value is -3.22. The van der Waals surface area contributed by atoms with E-state index in [1.165, 1.54) is 0 Å². The molecular formula is C20H22N6O. The number of pyridine rings is 1. The van der Waals surface area contributed by atoms with E-state index in [1.54, 1.807) is 6.20 Å². The van der Waals surface area contributed by atoms with E-state index in [0.29, 0.717) is 19.6 Å². The van der Waals surface area contributed by atoms with Crippen molar-refractivity contribution in [1.29, 1.82) is 0 Å². The van der Waals surface area contributed by atoms with Crippen molar-refractivity contribution in [2.24, 2.45) is 0 Å². The molecule has 27 heavy (non-hydrogen) atoms. The Labute approximate surface area is 158 Å². The molecule has 0 spiro atoms. The molecule has 1 saturated heterocycles. The minimum atomic E-state index is -0.00920. The Kier molecular flexibility index (Phi) is 5.09. The minimum absolute atomic E-state index is 0.00920. The number of carbonyl (C=O) groups excluding carboxylic acids is 1. The number of hydrogen-bond acceptors (Lipinski definition) is 4. The number of urea groups is 1. The average Bonchev–Trinajstić information content (AvgIpc) is 3.24. The first-order valence-corrected chi connectivity index (χ1v) is 9.19. The zero-order valence-electron chi connectivity index (χ0n) is 15.0. The Balaban J connectivity index is 1.30. The number of hydrogen-bond donors (Lipinski definition) is 1. The van der Waals surface area contributed by atoms with Crippen LogP contribution in [-0.2, 0) is 6.54 Å². The predicted molar refractivity (Wildman–Crippen MR) is 102 cm³/mol. The molecule has 3 aromatic rings. The van der Waals surface area contributed by atoms with Crippen LogP contribution in [0.15, 0.2) is 60.9 Å². The Morgan fingerprint density at radius 1 is 1.04 bits per heavy atom. The van der Waals surface area contributed by atoms with Crippen molar-refractivity contribution in [3.05, 3.63) is 66.5 Å². The fourth-order valence-corrected chi connectivity index (χ4v) is 3.31. The Morgan fingerprint density at radius 3 is 2.56 bits per heavy atom. The van der Waals surface area contributed by atoms with E-state index in [4.69, 9.17) is 0 Å². The van der Waals surface area contributed by atoms with Crippen molar-refractivity contribution in [3.63, 3.8) is 0 Å². The van der Waals surface area contributed by atoms with Gasteiger partial charge in [0, 0.05) is 25.8 Å². The summed E-state index contributed by atoms with van der Waals surface area (Å²) in [5, 5.41) is 11.5. The number of nitrogens with zero attached hydrogens (tertiary/aromatic N) is 5. The van der Waals surface area contributed by atoms with Crippen LogP contribution in [0.25, 0.3) is 11.4 Å². The number of likely N-dealkylation sites (tertiary alicyclic amines) is 1. The number of benzene rings is 1. The first kappa shape index (κ1) is 17.2. The lowest BCUT2D eigenvalue weighted by molar-refractivity contribution is 0.167. The molecule has 3 heterocycles. The number of rotatable bonds is 4. The zero-order chi connectivity index (χ0) is 18.5. The van der Waals surface area contributed by atoms with Gasteiger partial charge in [0.15, 0.2) is 0 Å². The number of nitrogens with one attached hydrogen (secondary N) is 1. The quantitative estimate of drug-likeness (QED) is 0.774. The highest BCUT2D eigenvalue weighted by atomic mass is 16.2. The second-order valence-corrected chi connectivity index (χ2v) is 6.66. The van der Waals surface area contributed by atoms with Gasteiger partial charge in [0.2, 0.25) is 0 Å². The molecule has 1 aliphatic heterocycles. The molecule has 1 N–H and O–H groups in total. The number of carbonyl (C=O) groups is 1. The fourth-order valence-electron chi connectivity index (χ4n) is 3.31. The van der Waals surface area contributed by atoms with Gasteiger partial charge in [-0.05, 0) is 30.5 Å². The smallest absolute Gasteiger partial charge is 0.317 e. The summed E-state index contributed by atoms with van der Waals surface area (Å²) in [4.78, 5) is 18.6. The number of amides is 2. The van der Waals surface area contributed by atoms with Crippen molar-refractivity contribution >= 4 is 6.03 Å². The molecule has 0 atom stereocenters. The molecule has 7 heteroatoms. The van der Waals surface area contributed by atoms with Gasteiger partial charge in [-0.3, -0.25) is 4.98 Å². The lowest BCUT2D eigenvalue weighted by atomic mass is 10.1. The Bertz CT molecular complexity index is 872. The molecule has 0 bridgehead atoms. The maximum atomic E-state index is 12.4. The van der Waals surface area contributed by atoms with Gasteiger partial charge in [-0.25, -0.2) is 9.48 Å². The molecular weight excluding hydrogens is 340 g/mol. The lowest BCUT2D eigenvalue weighted by Gasteiger charge is -2.31. The summed E-state index contributed by atoms with van der Waals surface area (Å²) in [6, 6.07) is 15.9. The van der Waals surface area contributed by atoms with Gasteiger partial charge in [-0.2, -0.15) is 0 Å². The van der Waals surface area contributed by atoms with Crippen LogP contribution in [0.3, 0.4) is 0 Å². The van der Waals surface area contributed by atoms with Crippen LogP contribution in [-0.4, -0.2) is 44.0 Å². The minimum Gasteiger partial charge on any atom is -0.334 e. The molecule has 0 unspecified atom stereocenters. The second-order valence-electron chi connectivity index (χ2n) is 6.66. The van der Waals surface area contributed by atoms with Crippen LogP contribution < -0.4 is 5.32 Å². The summed E-state index contributed by atoms with van der Waals surface area (Å²) in [5.41, 5.74) is 2.70. The van der Waals surface area contributed by atoms with Crippen LogP contribution in [0, 0.1) is 0 Å². The molecule has 2 amide bonds. The lowest BCUT2D eigenvalue weighted by Crippen LogP contribution is -2.44. The predicted octanol–water partition coefficient (Wildman–Crippen LogP) is 2.89. The summed E-state index contributed by atoms with van der Waals surface area (Å²) in [6.45, 7) is 1.98. The highest BCUT2D eigenvalue weighted by Crippen LogP contribution is 2.23. The van der Waals surface area contributed by atoms with Crippen LogP contribution >= 0.6 is 0 Å². The molecule has 1 fully saturated rings. The van der Waals surface area contributed by atoms with E-state index in [0.717, 1.165) is 29.8 Å². The first-order valence-electron chi connectivity index (χ1n) is 9.19. The summed E-state index contributed by atoms with van der Waals surface area (Å²) in [6.07, 6.45) is 5.42. The fraction of sp³-hybridized carbons (Fsp3) is 0.300. The van der Waals surface area contributed by atoms with Crippen molar-refractivity contribution in [3.8, 4) is 11.4 Å². The van der Waals surface area contributed by atoms with Gasteiger partial charge < -0.3 is 10.2 Å². The molecule has 0 aliphatic carbocycles. The number of aromatic nitrogens is 4. The Morgan fingerprint density at radius 2 is 1.81 bits per heavy atom. The van der Waals surface area contributed by atoms with Gasteiger partial charge in [-0.15, -0.1) is 5.10 Å². The molecule has 4 rings (SSSR count). The molecule has 2 aromatic heterocycles. The second kappa shape index (κ2) is 7.99. The van der Waals surface area contributed by atoms with Gasteiger partial charge in [0.25, 0.3) is 0 Å². The van der Waals surface area contributed by atoms with Gasteiger partial charge in [0.05, 0.1) is 17.9 Å². The summed E-state index contributed by atoms with van der Waals surface area (Å²) < 4.78 is 1.91. The van der Waals surface area contributed by atoms with Crippen LogP contribution in [0.2, 0.25) is 0 Å². The van der Waals surface area contributed by atoms with Crippen LogP contribution in [0.5, 0.6) is 0 Å². The van der Waals surface area contributed by atoms with E-state index < -0.39 is 0 Å². The first-order chi connectivity index (χ1) is 13.3. The number of piperidine rings is 1. The van der Waals surface area contributed by atoms with E-state index in [1.807, 2.05) is 64.3 Å². The average molecular weight is 362 g/mol. The van der Waals surface area contributed by atoms with E-state index in [9.17, 15) is 4.79 Å². The molecule has 0 radical (unpaired) electrons. The molecule has 1 aromatic carbocycles. The molecule has 0 saturated carbocycles. The third-order valence-corrected chi connectivity index (χ3v) is 4.85. The highest BCUT2D eigenvalue weighted by molar-refractivity contribution is 5.74. The van der Waals surface area contributed by atoms with Crippen molar-refractivity contribution < 1.29 is 4.79 Å². The van der Waals surface area contributed by atoms with Crippen molar-refractivity contribution in [2.75, 3.05) is 13.1 Å². The topological polar surface area (TPSA) is 75.9 Å². The maximum Gasteiger partial charge on any atom is 0.317 e. The SMILES string of the molecule is O=C(NCc1ccccc1)N1CCC(n2cc(-c3ccccn3)nn2)CC1. The normalized spacial score (nSPS) is 14.9. The van der Waals surface area contributed by atoms with Gasteiger partial charge in [0.1, 0.15) is 5.69 Å². The van der Waals surface area contributed by atoms with Crippen molar-refractivity contribution in [2.45, 2.75) is 25.4 Å². The zero-order valence-corrected chi connectivity index (χ0v) is 15.0. The summed E-state index contributed by atoms with van der Waals surface area (Å²) in [5.74, 6) is 0. The maximum absolute atomic E-state index is 12.4. The van der Waals surface area contributed by atoms with Crippen LogP contribution in [0.1, 0.15) is 24.4 Å². The van der Waals surface area contributed by atoms with E-state index in [2.05, 4.69) is 20.6 Å². The van der Waals surface area contributed by atoms with Gasteiger partial charge >= 0.3 is 6.03 Å². The van der Waals surface area contributed by atoms with Gasteiger partial charge in [-0.1, -0.05) is 41.6 Å². The largest absolute Gasteiger partial charge is 0.334 e. The van der Waals surface area contributed by atoms with Crippen molar-refractivity contribution in [1.82, 2.24) is 30.2 Å². The molecule has 7 nitrogen and oxygen atoms in total. The molecule has 1 aliphatic rings. The molecule has 138 valence electrons. The third kappa shape index (κ3) is 4.13. The third-order valence-electron chi connectivity index (χ3n) is 4.85. The van der Waals surface area contributed by atoms with E-state index >= 15 is 0 Å². The van der Waals surface area contributed by atoms with E-state index in [-0.39, 0.29) is 12.1 Å². The highest BCUT2D eigenvalue weighted by Gasteiger charge is 2.24. The summed E-state index contributed by atoms with van der Waals surface area (Å²) in [7, 11) is 0. The standard InChI is InChI=1S/C20H22N6O/c27-20(22-14-16-6-2-1-3-7-16)25-12-9-17(10-13-25)26-15-19(23-24-26)18-8-4-5-11-21-18/h1-8,11,15,17H,9-10,12-14H2,(H,22,27).